The number of carbonyl (C=O) groups excluding carboxylic acids is 1. The van der Waals surface area contributed by atoms with Gasteiger partial charge in [-0.15, -0.1) is 0 Å². The number of halogens is 2. The Bertz CT molecular complexity index is 542. The Kier molecular flexibility index (Phi) is 5.62. The molecule has 4 nitrogen and oxygen atoms in total. The zero-order valence-corrected chi connectivity index (χ0v) is 12.8. The number of rotatable bonds is 5. The van der Waals surface area contributed by atoms with Crippen LogP contribution in [-0.2, 0) is 13.8 Å². The number of unbranched alkanes of at least 4 members (excludes halogenated alkanes) is 1. The van der Waals surface area contributed by atoms with Crippen LogP contribution in [0.25, 0.3) is 0 Å². The van der Waals surface area contributed by atoms with Crippen molar-refractivity contribution in [3.8, 4) is 0 Å². The summed E-state index contributed by atoms with van der Waals surface area (Å²) in [5, 5.41) is 0. The summed E-state index contributed by atoms with van der Waals surface area (Å²) in [5.74, 6) is -0.572. The summed E-state index contributed by atoms with van der Waals surface area (Å²) in [6.45, 7) is 2.28. The Hall–Kier alpha value is -0.590. The summed E-state index contributed by atoms with van der Waals surface area (Å²) >= 11 is 3.17. The van der Waals surface area contributed by atoms with Crippen molar-refractivity contribution >= 4 is 41.6 Å². The van der Waals surface area contributed by atoms with Gasteiger partial charge in [0.2, 0.25) is 0 Å². The molecule has 0 amide bonds. The lowest BCUT2D eigenvalue weighted by Crippen LogP contribution is -2.08. The molecular weight excluding hydrogens is 344 g/mol. The molecule has 1 aromatic rings. The van der Waals surface area contributed by atoms with Gasteiger partial charge in [-0.1, -0.05) is 13.3 Å². The van der Waals surface area contributed by atoms with Crippen LogP contribution in [0.2, 0.25) is 0 Å². The van der Waals surface area contributed by atoms with E-state index in [0.29, 0.717) is 11.1 Å². The van der Waals surface area contributed by atoms with Gasteiger partial charge in [-0.05, 0) is 40.5 Å². The van der Waals surface area contributed by atoms with Gasteiger partial charge in [0.05, 0.1) is 17.1 Å². The fraction of sp³-hybridized carbons (Fsp3) is 0.364. The first kappa shape index (κ1) is 15.5. The third kappa shape index (κ3) is 4.26. The van der Waals surface area contributed by atoms with Crippen LogP contribution in [-0.4, -0.2) is 21.0 Å². The third-order valence-corrected chi connectivity index (χ3v) is 4.21. The van der Waals surface area contributed by atoms with Crippen molar-refractivity contribution in [1.29, 1.82) is 0 Å². The maximum atomic E-state index is 11.7. The molecule has 0 fully saturated rings. The largest absolute Gasteiger partial charge is 0.462 e. The summed E-state index contributed by atoms with van der Waals surface area (Å²) in [4.78, 5) is 11.6. The van der Waals surface area contributed by atoms with E-state index in [9.17, 15) is 13.2 Å². The van der Waals surface area contributed by atoms with Crippen LogP contribution in [0, 0.1) is 0 Å². The molecule has 0 radical (unpaired) electrons. The molecule has 0 unspecified atom stereocenters. The molecule has 0 atom stereocenters. The lowest BCUT2D eigenvalue weighted by molar-refractivity contribution is 0.0498. The van der Waals surface area contributed by atoms with Gasteiger partial charge < -0.3 is 4.74 Å². The first-order chi connectivity index (χ1) is 8.36. The molecule has 0 aliphatic rings. The molecule has 0 aliphatic carbocycles. The van der Waals surface area contributed by atoms with Crippen LogP contribution in [0.5, 0.6) is 0 Å². The van der Waals surface area contributed by atoms with Crippen molar-refractivity contribution in [3.63, 3.8) is 0 Å². The van der Waals surface area contributed by atoms with Gasteiger partial charge in [-0.2, -0.15) is 0 Å². The fourth-order valence-electron chi connectivity index (χ4n) is 1.20. The average Bonchev–Trinajstić information content (AvgIpc) is 2.28. The minimum Gasteiger partial charge on any atom is -0.462 e. The van der Waals surface area contributed by atoms with Crippen molar-refractivity contribution in [2.75, 3.05) is 6.61 Å². The van der Waals surface area contributed by atoms with E-state index in [0.717, 1.165) is 12.8 Å². The Morgan fingerprint density at radius 3 is 2.67 bits per heavy atom. The molecule has 18 heavy (non-hydrogen) atoms. The highest BCUT2D eigenvalue weighted by atomic mass is 79.9. The molecule has 100 valence electrons. The third-order valence-electron chi connectivity index (χ3n) is 2.17. The maximum absolute atomic E-state index is 11.7. The molecular formula is C11H12BrClO4S. The quantitative estimate of drug-likeness (QED) is 0.462. The maximum Gasteiger partial charge on any atom is 0.339 e. The van der Waals surface area contributed by atoms with Crippen LogP contribution < -0.4 is 0 Å². The van der Waals surface area contributed by atoms with Gasteiger partial charge in [0.15, 0.2) is 0 Å². The summed E-state index contributed by atoms with van der Waals surface area (Å²) in [5.41, 5.74) is 0.146. The van der Waals surface area contributed by atoms with Crippen molar-refractivity contribution in [2.24, 2.45) is 0 Å². The summed E-state index contributed by atoms with van der Waals surface area (Å²) < 4.78 is 27.8. The minimum absolute atomic E-state index is 0.130. The number of esters is 1. The van der Waals surface area contributed by atoms with Crippen LogP contribution in [0.3, 0.4) is 0 Å². The van der Waals surface area contributed by atoms with Gasteiger partial charge in [-0.25, -0.2) is 13.2 Å². The second-order valence-corrected chi connectivity index (χ2v) is 6.99. The highest BCUT2D eigenvalue weighted by Gasteiger charge is 2.17. The van der Waals surface area contributed by atoms with Crippen molar-refractivity contribution in [2.45, 2.75) is 24.7 Å². The molecule has 0 heterocycles. The highest BCUT2D eigenvalue weighted by Crippen LogP contribution is 2.23. The van der Waals surface area contributed by atoms with Crippen LogP contribution >= 0.6 is 26.6 Å². The molecule has 0 N–H and O–H groups in total. The number of hydrogen-bond donors (Lipinski definition) is 0. The topological polar surface area (TPSA) is 60.4 Å². The SMILES string of the molecule is CCCCOC(=O)c1cc(S(=O)(=O)Cl)ccc1Br. The second kappa shape index (κ2) is 6.54. The fourth-order valence-corrected chi connectivity index (χ4v) is 2.39. The van der Waals surface area contributed by atoms with Crippen LogP contribution in [0.15, 0.2) is 27.6 Å². The van der Waals surface area contributed by atoms with Crippen molar-refractivity contribution in [1.82, 2.24) is 0 Å². The van der Waals surface area contributed by atoms with Gasteiger partial charge in [0.1, 0.15) is 0 Å². The molecule has 0 aromatic heterocycles. The highest BCUT2D eigenvalue weighted by molar-refractivity contribution is 9.10. The molecule has 0 aliphatic heterocycles. The van der Waals surface area contributed by atoms with E-state index in [-0.39, 0.29) is 10.5 Å². The van der Waals surface area contributed by atoms with Crippen molar-refractivity contribution < 1.29 is 17.9 Å². The van der Waals surface area contributed by atoms with Gasteiger partial charge in [-0.3, -0.25) is 0 Å². The number of ether oxygens (including phenoxy) is 1. The predicted octanol–water partition coefficient (Wildman–Crippen LogP) is 3.33. The predicted molar refractivity (Wildman–Crippen MR) is 72.4 cm³/mol. The minimum atomic E-state index is -3.86. The summed E-state index contributed by atoms with van der Waals surface area (Å²) in [6, 6.07) is 3.96. The molecule has 0 saturated carbocycles. The lowest BCUT2D eigenvalue weighted by atomic mass is 10.2. The molecule has 1 aromatic carbocycles. The van der Waals surface area contributed by atoms with Crippen LogP contribution in [0.4, 0.5) is 0 Å². The van der Waals surface area contributed by atoms with E-state index >= 15 is 0 Å². The van der Waals surface area contributed by atoms with E-state index in [4.69, 9.17) is 15.4 Å². The molecule has 0 spiro atoms. The van der Waals surface area contributed by atoms with Crippen molar-refractivity contribution in [3.05, 3.63) is 28.2 Å². The lowest BCUT2D eigenvalue weighted by Gasteiger charge is -2.06. The van der Waals surface area contributed by atoms with E-state index in [1.807, 2.05) is 6.92 Å². The Morgan fingerprint density at radius 2 is 2.11 bits per heavy atom. The zero-order valence-electron chi connectivity index (χ0n) is 9.65. The standard InChI is InChI=1S/C11H12BrClO4S/c1-2-3-6-17-11(14)9-7-8(18(13,15)16)4-5-10(9)12/h4-5,7H,2-3,6H2,1H3. The Balaban J connectivity index is 2.97. The van der Waals surface area contributed by atoms with E-state index in [1.165, 1.54) is 18.2 Å². The Labute approximate surface area is 119 Å². The van der Waals surface area contributed by atoms with Gasteiger partial charge >= 0.3 is 5.97 Å². The van der Waals surface area contributed by atoms with Crippen LogP contribution in [0.1, 0.15) is 30.1 Å². The van der Waals surface area contributed by atoms with E-state index in [2.05, 4.69) is 15.9 Å². The first-order valence-electron chi connectivity index (χ1n) is 5.27. The van der Waals surface area contributed by atoms with Gasteiger partial charge in [0.25, 0.3) is 9.05 Å². The average molecular weight is 356 g/mol. The number of carbonyl (C=O) groups is 1. The molecule has 0 bridgehead atoms. The number of benzene rings is 1. The first-order valence-corrected chi connectivity index (χ1v) is 8.38. The second-order valence-electron chi connectivity index (χ2n) is 3.57. The monoisotopic (exact) mass is 354 g/mol. The Morgan fingerprint density at radius 1 is 1.44 bits per heavy atom. The normalized spacial score (nSPS) is 11.3. The summed E-state index contributed by atoms with van der Waals surface area (Å²) in [6.07, 6.45) is 1.67. The smallest absolute Gasteiger partial charge is 0.339 e. The molecule has 0 saturated heterocycles. The van der Waals surface area contributed by atoms with E-state index in [1.54, 1.807) is 0 Å². The molecule has 1 rings (SSSR count). The molecule has 7 heteroatoms. The number of hydrogen-bond acceptors (Lipinski definition) is 4. The zero-order chi connectivity index (χ0) is 13.8. The van der Waals surface area contributed by atoms with E-state index < -0.39 is 15.0 Å². The van der Waals surface area contributed by atoms with Gasteiger partial charge in [0, 0.05) is 15.2 Å². The summed E-state index contributed by atoms with van der Waals surface area (Å²) in [7, 11) is 1.36.